The van der Waals surface area contributed by atoms with Gasteiger partial charge in [-0.3, -0.25) is 4.90 Å². The van der Waals surface area contributed by atoms with Gasteiger partial charge in [0, 0.05) is 12.6 Å². The molecule has 1 fully saturated rings. The number of fused-ring (bicyclic) bond motifs is 4. The highest BCUT2D eigenvalue weighted by Crippen LogP contribution is 2.49. The van der Waals surface area contributed by atoms with Crippen molar-refractivity contribution in [3.63, 3.8) is 0 Å². The second-order valence-corrected chi connectivity index (χ2v) is 7.53. The Bertz CT molecular complexity index is 587. The molecule has 0 aromatic heterocycles. The minimum absolute atomic E-state index is 0.286. The van der Waals surface area contributed by atoms with Crippen molar-refractivity contribution in [2.24, 2.45) is 5.92 Å². The Hall–Kier alpha value is -1.28. The van der Waals surface area contributed by atoms with Crippen molar-refractivity contribution in [2.45, 2.75) is 52.0 Å². The van der Waals surface area contributed by atoms with Gasteiger partial charge in [-0.25, -0.2) is 0 Å². The Morgan fingerprint density at radius 2 is 2.18 bits per heavy atom. The minimum Gasteiger partial charge on any atom is -0.497 e. The molecule has 22 heavy (non-hydrogen) atoms. The summed E-state index contributed by atoms with van der Waals surface area (Å²) in [6, 6.07) is 7.35. The zero-order valence-electron chi connectivity index (χ0n) is 14.6. The predicted molar refractivity (Wildman–Crippen MR) is 92.6 cm³/mol. The number of piperidine rings is 1. The van der Waals surface area contributed by atoms with Crippen LogP contribution in [0.25, 0.3) is 0 Å². The van der Waals surface area contributed by atoms with Crippen LogP contribution in [0.3, 0.4) is 0 Å². The van der Waals surface area contributed by atoms with E-state index in [2.05, 4.69) is 56.9 Å². The van der Waals surface area contributed by atoms with E-state index in [4.69, 9.17) is 4.74 Å². The lowest BCUT2D eigenvalue weighted by Crippen LogP contribution is -2.57. The third-order valence-electron chi connectivity index (χ3n) is 6.06. The minimum atomic E-state index is 0.286. The van der Waals surface area contributed by atoms with Gasteiger partial charge in [-0.05, 0) is 67.8 Å². The molecular formula is C20H29NO. The Balaban J connectivity index is 1.95. The molecule has 3 rings (SSSR count). The Kier molecular flexibility index (Phi) is 4.07. The van der Waals surface area contributed by atoms with E-state index in [1.54, 1.807) is 7.11 Å². The first kappa shape index (κ1) is 15.6. The Morgan fingerprint density at radius 3 is 2.86 bits per heavy atom. The van der Waals surface area contributed by atoms with Gasteiger partial charge in [0.05, 0.1) is 7.11 Å². The number of nitrogens with zero attached hydrogens (tertiary/aromatic N) is 1. The van der Waals surface area contributed by atoms with Crippen LogP contribution in [0.4, 0.5) is 0 Å². The second kappa shape index (κ2) is 5.73. The maximum absolute atomic E-state index is 5.47. The van der Waals surface area contributed by atoms with Crippen LogP contribution in [0.2, 0.25) is 0 Å². The van der Waals surface area contributed by atoms with Gasteiger partial charge in [-0.1, -0.05) is 31.6 Å². The number of hydrogen-bond donors (Lipinski definition) is 0. The largest absolute Gasteiger partial charge is 0.497 e. The third-order valence-corrected chi connectivity index (χ3v) is 6.06. The summed E-state index contributed by atoms with van der Waals surface area (Å²) in [7, 11) is 1.77. The Morgan fingerprint density at radius 1 is 1.41 bits per heavy atom. The average molecular weight is 299 g/mol. The number of benzene rings is 1. The Labute approximate surface area is 135 Å². The zero-order chi connectivity index (χ0) is 15.9. The number of allylic oxidation sites excluding steroid dienone is 1. The van der Waals surface area contributed by atoms with Crippen molar-refractivity contribution in [1.29, 1.82) is 0 Å². The fourth-order valence-corrected chi connectivity index (χ4v) is 4.34. The number of rotatable bonds is 3. The molecule has 0 unspecified atom stereocenters. The van der Waals surface area contributed by atoms with E-state index in [-0.39, 0.29) is 5.41 Å². The van der Waals surface area contributed by atoms with Gasteiger partial charge in [-0.2, -0.15) is 0 Å². The summed E-state index contributed by atoms with van der Waals surface area (Å²) >= 11 is 0. The maximum atomic E-state index is 5.47. The molecule has 1 aliphatic carbocycles. The molecule has 0 amide bonds. The second-order valence-electron chi connectivity index (χ2n) is 7.53. The smallest absolute Gasteiger partial charge is 0.119 e. The van der Waals surface area contributed by atoms with Gasteiger partial charge in [0.1, 0.15) is 5.75 Å². The molecular weight excluding hydrogens is 270 g/mol. The van der Waals surface area contributed by atoms with Crippen LogP contribution in [0.5, 0.6) is 5.75 Å². The number of likely N-dealkylation sites (tertiary alicyclic amines) is 1. The lowest BCUT2D eigenvalue weighted by Gasteiger charge is -2.54. The fraction of sp³-hybridized carbons (Fsp3) is 0.600. The summed E-state index contributed by atoms with van der Waals surface area (Å²) in [5.41, 5.74) is 4.75. The lowest BCUT2D eigenvalue weighted by atomic mass is 9.59. The first-order valence-corrected chi connectivity index (χ1v) is 8.50. The highest BCUT2D eigenvalue weighted by Gasteiger charge is 2.48. The average Bonchev–Trinajstić information content (AvgIpc) is 2.49. The lowest BCUT2D eigenvalue weighted by molar-refractivity contribution is 0.0397. The zero-order valence-corrected chi connectivity index (χ0v) is 14.6. The van der Waals surface area contributed by atoms with Gasteiger partial charge >= 0.3 is 0 Å². The normalized spacial score (nSPS) is 30.6. The summed E-state index contributed by atoms with van der Waals surface area (Å²) < 4.78 is 5.47. The first-order valence-electron chi connectivity index (χ1n) is 8.50. The molecule has 1 aromatic rings. The molecule has 1 aliphatic heterocycles. The molecule has 2 heteroatoms. The molecule has 2 aliphatic rings. The molecule has 1 saturated heterocycles. The fourth-order valence-electron chi connectivity index (χ4n) is 4.34. The van der Waals surface area contributed by atoms with Crippen molar-refractivity contribution in [2.75, 3.05) is 20.2 Å². The van der Waals surface area contributed by atoms with E-state index in [9.17, 15) is 0 Å². The van der Waals surface area contributed by atoms with Gasteiger partial charge in [0.2, 0.25) is 0 Å². The van der Waals surface area contributed by atoms with Crippen LogP contribution >= 0.6 is 0 Å². The van der Waals surface area contributed by atoms with Crippen LogP contribution in [0.15, 0.2) is 29.8 Å². The van der Waals surface area contributed by atoms with Crippen molar-refractivity contribution < 1.29 is 4.74 Å². The van der Waals surface area contributed by atoms with Crippen LogP contribution in [-0.2, 0) is 11.8 Å². The maximum Gasteiger partial charge on any atom is 0.119 e. The summed E-state index contributed by atoms with van der Waals surface area (Å²) in [4.78, 5) is 2.69. The molecule has 120 valence electrons. The highest BCUT2D eigenvalue weighted by molar-refractivity contribution is 5.44. The number of ether oxygens (including phenoxy) is 1. The van der Waals surface area contributed by atoms with E-state index >= 15 is 0 Å². The van der Waals surface area contributed by atoms with Crippen LogP contribution in [-0.4, -0.2) is 31.1 Å². The van der Waals surface area contributed by atoms with Gasteiger partial charge < -0.3 is 4.74 Å². The van der Waals surface area contributed by atoms with Crippen molar-refractivity contribution in [1.82, 2.24) is 4.90 Å². The van der Waals surface area contributed by atoms with Gasteiger partial charge in [0.25, 0.3) is 0 Å². The van der Waals surface area contributed by atoms with E-state index in [0.29, 0.717) is 12.0 Å². The molecule has 0 N–H and O–H groups in total. The topological polar surface area (TPSA) is 12.5 Å². The summed E-state index contributed by atoms with van der Waals surface area (Å²) in [6.45, 7) is 11.6. The molecule has 0 saturated carbocycles. The van der Waals surface area contributed by atoms with Crippen molar-refractivity contribution in [3.05, 3.63) is 41.0 Å². The molecule has 2 nitrogen and oxygen atoms in total. The van der Waals surface area contributed by atoms with Crippen LogP contribution in [0.1, 0.15) is 45.2 Å². The molecule has 2 bridgehead atoms. The molecule has 0 spiro atoms. The molecule has 1 aromatic carbocycles. The number of methoxy groups -OCH3 is 1. The van der Waals surface area contributed by atoms with Gasteiger partial charge in [0.15, 0.2) is 0 Å². The SMILES string of the molecule is COc1ccc2c(c1)[C@@]1(C)CCN(CC=C(C)C)[C@@H](C2)[C@H]1C. The van der Waals surface area contributed by atoms with E-state index in [1.807, 2.05) is 0 Å². The van der Waals surface area contributed by atoms with E-state index < -0.39 is 0 Å². The van der Waals surface area contributed by atoms with E-state index in [0.717, 1.165) is 12.3 Å². The summed E-state index contributed by atoms with van der Waals surface area (Å²) in [5, 5.41) is 0. The van der Waals surface area contributed by atoms with Crippen molar-refractivity contribution in [3.8, 4) is 5.75 Å². The molecule has 3 atom stereocenters. The van der Waals surface area contributed by atoms with Crippen LogP contribution in [0, 0.1) is 5.92 Å². The first-order chi connectivity index (χ1) is 10.5. The highest BCUT2D eigenvalue weighted by atomic mass is 16.5. The third kappa shape index (κ3) is 2.48. The molecule has 1 heterocycles. The van der Waals surface area contributed by atoms with Crippen LogP contribution < -0.4 is 4.74 Å². The molecule has 0 radical (unpaired) electrons. The van der Waals surface area contributed by atoms with E-state index in [1.165, 1.54) is 36.1 Å². The quantitative estimate of drug-likeness (QED) is 0.776. The standard InChI is InChI=1S/C20H29NO/c1-14(2)8-10-21-11-9-20(4)15(3)19(21)12-16-6-7-17(22-5)13-18(16)20/h6-8,13,15,19H,9-12H2,1-5H3/t15-,19+,20+/m1/s1. The number of hydrogen-bond acceptors (Lipinski definition) is 2. The van der Waals surface area contributed by atoms with Gasteiger partial charge in [-0.15, -0.1) is 0 Å². The summed E-state index contributed by atoms with van der Waals surface area (Å²) in [6.07, 6.45) is 4.78. The predicted octanol–water partition coefficient (Wildman–Crippen LogP) is 4.19. The monoisotopic (exact) mass is 299 g/mol. The summed E-state index contributed by atoms with van der Waals surface area (Å²) in [5.74, 6) is 1.68. The van der Waals surface area contributed by atoms with Crippen molar-refractivity contribution >= 4 is 0 Å².